The number of para-hydroxylation sites is 2. The van der Waals surface area contributed by atoms with E-state index in [9.17, 15) is 35.9 Å². The Labute approximate surface area is 477 Å². The van der Waals surface area contributed by atoms with Crippen LogP contribution in [0.4, 0.5) is 73.8 Å². The molecule has 434 valence electrons. The van der Waals surface area contributed by atoms with Gasteiger partial charge in [0.05, 0.1) is 63.3 Å². The molecule has 3 aromatic heterocycles. The standard InChI is InChI=1S/C25H27F2N5O4S.C22H22F2N4O.C10H13ClFN3O/c1-37(34,35)30-24(33)17-36-18-25(27)11-13-31(14-12-25)22-15-28-16-23(29-22)32(20-5-3-2-4-6-20)21-9-7-19(26)8-10-21;23-17-6-8-19(9-7-17)28(18-4-2-1-3-5-18)21-15-25-14-20(26-21)27-12-10-22(24,16-29)11-13-27;11-8-5-13-6-9(14-8)15-3-1-10(12,7-16)2-4-15/h2-10,15-16H,11-14,17-18H2,1H3,(H,30,33);1-9,14-15,29H,10-13,16H2;5-6,16H,1-4,7H2. The lowest BCUT2D eigenvalue weighted by atomic mass is 9.94. The van der Waals surface area contributed by atoms with Gasteiger partial charge in [0.15, 0.2) is 11.6 Å². The number of benzene rings is 4. The molecule has 7 aromatic rings. The monoisotopic (exact) mass is 1170 g/mol. The topological polar surface area (TPSA) is 206 Å². The van der Waals surface area contributed by atoms with E-state index < -0.39 is 52.8 Å². The molecule has 1 amide bonds. The van der Waals surface area contributed by atoms with Crippen molar-refractivity contribution in [3.05, 3.63) is 163 Å². The smallest absolute Gasteiger partial charge is 0.259 e. The molecule has 0 unspecified atom stereocenters. The molecule has 10 rings (SSSR count). The number of aliphatic hydroxyl groups excluding tert-OH is 2. The van der Waals surface area contributed by atoms with Crippen LogP contribution >= 0.6 is 11.6 Å². The lowest BCUT2D eigenvalue weighted by Crippen LogP contribution is -2.45. The number of hydrogen-bond acceptors (Lipinski definition) is 17. The van der Waals surface area contributed by atoms with Gasteiger partial charge >= 0.3 is 0 Å². The third kappa shape index (κ3) is 16.7. The number of sulfonamides is 1. The predicted octanol–water partition coefficient (Wildman–Crippen LogP) is 9.30. The Morgan fingerprint density at radius 3 is 1.28 bits per heavy atom. The summed E-state index contributed by atoms with van der Waals surface area (Å²) in [7, 11) is -3.69. The molecule has 25 heteroatoms. The SMILES string of the molecule is CS(=O)(=O)NC(=O)COCC1(F)CCN(c2cncc(N(c3ccccc3)c3ccc(F)cc3)n2)CC1.OCC1(F)CCN(c2cncc(Cl)n2)CC1.OCC1(F)CCN(c2cncc(N(c3ccccc3)c3ccc(F)cc3)n2)CC1. The summed E-state index contributed by atoms with van der Waals surface area (Å²) in [4.78, 5) is 47.4. The number of piperidine rings is 3. The highest BCUT2D eigenvalue weighted by Gasteiger charge is 2.37. The summed E-state index contributed by atoms with van der Waals surface area (Å²) < 4.78 is 99.4. The minimum Gasteiger partial charge on any atom is -0.393 e. The number of anilines is 9. The fourth-order valence-corrected chi connectivity index (χ4v) is 9.91. The number of ether oxygens (including phenoxy) is 1. The first kappa shape index (κ1) is 60.5. The second-order valence-corrected chi connectivity index (χ2v) is 22.1. The normalized spacial score (nSPS) is 16.4. The van der Waals surface area contributed by atoms with Gasteiger partial charge in [-0.15, -0.1) is 0 Å². The molecular weight excluding hydrogens is 1110 g/mol. The van der Waals surface area contributed by atoms with Gasteiger partial charge in [0, 0.05) is 101 Å². The maximum atomic E-state index is 15.3. The number of nitrogens with zero attached hydrogens (tertiary/aromatic N) is 11. The highest BCUT2D eigenvalue weighted by atomic mass is 35.5. The Bertz CT molecular complexity index is 3280. The Morgan fingerprint density at radius 1 is 0.561 bits per heavy atom. The summed E-state index contributed by atoms with van der Waals surface area (Å²) in [6, 6.07) is 31.4. The Balaban J connectivity index is 0.000000173. The number of halogens is 6. The van der Waals surface area contributed by atoms with Crippen molar-refractivity contribution < 1.29 is 50.1 Å². The van der Waals surface area contributed by atoms with Crippen LogP contribution in [-0.2, 0) is 19.6 Å². The van der Waals surface area contributed by atoms with Gasteiger partial charge < -0.3 is 29.6 Å². The summed E-state index contributed by atoms with van der Waals surface area (Å²) in [6.45, 7) is 0.892. The number of carbonyl (C=O) groups excluding carboxylic acids is 1. The maximum absolute atomic E-state index is 15.3. The van der Waals surface area contributed by atoms with Crippen LogP contribution in [0.1, 0.15) is 38.5 Å². The molecule has 3 saturated heterocycles. The first-order chi connectivity index (χ1) is 39.3. The van der Waals surface area contributed by atoms with E-state index in [-0.39, 0.29) is 43.9 Å². The van der Waals surface area contributed by atoms with Crippen LogP contribution in [0, 0.1) is 11.6 Å². The van der Waals surface area contributed by atoms with E-state index in [0.717, 1.165) is 23.3 Å². The Kier molecular flexibility index (Phi) is 20.2. The quantitative estimate of drug-likeness (QED) is 0.0771. The first-order valence-electron chi connectivity index (χ1n) is 26.3. The third-order valence-electron chi connectivity index (χ3n) is 13.9. The zero-order valence-corrected chi connectivity index (χ0v) is 46.4. The zero-order valence-electron chi connectivity index (χ0n) is 44.8. The van der Waals surface area contributed by atoms with E-state index in [1.165, 1.54) is 30.5 Å². The molecule has 82 heavy (non-hydrogen) atoms. The number of alkyl halides is 3. The van der Waals surface area contributed by atoms with Gasteiger partial charge in [-0.1, -0.05) is 48.0 Å². The average molecular weight is 1170 g/mol. The van der Waals surface area contributed by atoms with E-state index in [4.69, 9.17) is 31.4 Å². The number of carbonyl (C=O) groups is 1. The summed E-state index contributed by atoms with van der Waals surface area (Å²) in [5, 5.41) is 18.5. The molecule has 0 spiro atoms. The minimum absolute atomic E-state index is 0.132. The molecule has 0 saturated carbocycles. The molecule has 0 aliphatic carbocycles. The molecule has 3 fully saturated rings. The third-order valence-corrected chi connectivity index (χ3v) is 14.7. The molecule has 0 radical (unpaired) electrons. The van der Waals surface area contributed by atoms with Crippen molar-refractivity contribution in [1.82, 2.24) is 34.6 Å². The van der Waals surface area contributed by atoms with Gasteiger partial charge in [0.25, 0.3) is 5.91 Å². The number of nitrogens with one attached hydrogen (secondary N) is 1. The molecule has 18 nitrogen and oxygen atoms in total. The molecule has 3 aliphatic heterocycles. The highest BCUT2D eigenvalue weighted by molar-refractivity contribution is 7.89. The lowest BCUT2D eigenvalue weighted by Gasteiger charge is -2.37. The molecule has 4 aromatic carbocycles. The van der Waals surface area contributed by atoms with Gasteiger partial charge in [-0.05, 0) is 72.8 Å². The van der Waals surface area contributed by atoms with Crippen molar-refractivity contribution in [2.45, 2.75) is 55.5 Å². The van der Waals surface area contributed by atoms with Crippen LogP contribution in [0.5, 0.6) is 0 Å². The summed E-state index contributed by atoms with van der Waals surface area (Å²) in [5.41, 5.74) is -1.47. The zero-order chi connectivity index (χ0) is 58.3. The number of amides is 1. The number of aromatic nitrogens is 6. The Morgan fingerprint density at radius 2 is 0.915 bits per heavy atom. The average Bonchev–Trinajstić information content (AvgIpc) is 3.57. The van der Waals surface area contributed by atoms with Crippen LogP contribution in [0.25, 0.3) is 0 Å². The molecule has 0 atom stereocenters. The second kappa shape index (κ2) is 27.4. The van der Waals surface area contributed by atoms with Gasteiger partial charge in [0.1, 0.15) is 57.9 Å². The second-order valence-electron chi connectivity index (χ2n) is 20.0. The van der Waals surface area contributed by atoms with Gasteiger partial charge in [-0.3, -0.25) is 34.3 Å². The van der Waals surface area contributed by atoms with Crippen LogP contribution in [0.3, 0.4) is 0 Å². The Hall–Kier alpha value is -7.64. The highest BCUT2D eigenvalue weighted by Crippen LogP contribution is 2.37. The fraction of sp³-hybridized carbons (Fsp3) is 0.351. The van der Waals surface area contributed by atoms with Crippen molar-refractivity contribution in [3.63, 3.8) is 0 Å². The number of aliphatic hydroxyl groups is 2. The van der Waals surface area contributed by atoms with Crippen LogP contribution in [0.2, 0.25) is 5.15 Å². The van der Waals surface area contributed by atoms with Crippen molar-refractivity contribution in [3.8, 4) is 0 Å². The maximum Gasteiger partial charge on any atom is 0.259 e. The fourth-order valence-electron chi connectivity index (χ4n) is 9.29. The lowest BCUT2D eigenvalue weighted by molar-refractivity contribution is -0.125. The van der Waals surface area contributed by atoms with Gasteiger partial charge in [0.2, 0.25) is 10.0 Å². The summed E-state index contributed by atoms with van der Waals surface area (Å²) >= 11 is 5.73. The van der Waals surface area contributed by atoms with E-state index in [2.05, 4.69) is 19.9 Å². The van der Waals surface area contributed by atoms with Crippen LogP contribution in [-0.4, -0.2) is 143 Å². The summed E-state index contributed by atoms with van der Waals surface area (Å²) in [5.74, 6) is 1.47. The van der Waals surface area contributed by atoms with Gasteiger partial charge in [-0.25, -0.2) is 45.3 Å². The largest absolute Gasteiger partial charge is 0.393 e. The number of rotatable bonds is 16. The minimum atomic E-state index is -3.69. The van der Waals surface area contributed by atoms with Crippen LogP contribution < -0.4 is 29.2 Å². The summed E-state index contributed by atoms with van der Waals surface area (Å²) in [6.07, 6.45) is 11.8. The molecule has 0 bridgehead atoms. The van der Waals surface area contributed by atoms with E-state index in [1.54, 1.807) is 60.0 Å². The molecule has 6 heterocycles. The first-order valence-corrected chi connectivity index (χ1v) is 28.5. The number of hydrogen-bond donors (Lipinski definition) is 3. The van der Waals surface area contributed by atoms with Crippen molar-refractivity contribution in [2.75, 3.05) is 96.5 Å². The van der Waals surface area contributed by atoms with Crippen LogP contribution in [0.15, 0.2) is 146 Å². The predicted molar refractivity (Wildman–Crippen MR) is 304 cm³/mol. The van der Waals surface area contributed by atoms with E-state index >= 15 is 4.39 Å². The van der Waals surface area contributed by atoms with Gasteiger partial charge in [-0.2, -0.15) is 0 Å². The molecular formula is C57H62ClF5N12O6S. The van der Waals surface area contributed by atoms with E-state index in [0.29, 0.717) is 92.0 Å². The van der Waals surface area contributed by atoms with Crippen molar-refractivity contribution >= 4 is 79.4 Å². The van der Waals surface area contributed by atoms with Crippen molar-refractivity contribution in [2.24, 2.45) is 0 Å². The van der Waals surface area contributed by atoms with Crippen molar-refractivity contribution in [1.29, 1.82) is 0 Å². The molecule has 3 aliphatic rings. The molecule has 3 N–H and O–H groups in total. The van der Waals surface area contributed by atoms with E-state index in [1.807, 2.05) is 85.2 Å².